The average Bonchev–Trinajstić information content (AvgIpc) is 3.14. The van der Waals surface area contributed by atoms with Crippen LogP contribution in [-0.4, -0.2) is 21.9 Å². The number of hydrogen-bond donors (Lipinski definition) is 1. The largest absolute Gasteiger partial charge is 0.450 e. The molecule has 3 heterocycles. The van der Waals surface area contributed by atoms with Crippen LogP contribution in [0.1, 0.15) is 16.9 Å². The number of nitrogens with zero attached hydrogens (tertiary/aromatic N) is 2. The number of anilines is 1. The number of benzene rings is 1. The second-order valence-electron chi connectivity index (χ2n) is 6.67. The summed E-state index contributed by atoms with van der Waals surface area (Å²) in [6.45, 7) is 3.86. The Balaban J connectivity index is 1.63. The van der Waals surface area contributed by atoms with E-state index in [9.17, 15) is 9.59 Å². The van der Waals surface area contributed by atoms with Crippen LogP contribution in [0.15, 0.2) is 74.8 Å². The number of nitrogens with one attached hydrogen (secondary N) is 1. The molecule has 3 aromatic rings. The Hall–Kier alpha value is -3.23. The number of hydrogen-bond acceptors (Lipinski definition) is 6. The maximum Gasteiger partial charge on any atom is 0.270 e. The highest BCUT2D eigenvalue weighted by Gasteiger charge is 2.35. The molecule has 8 heteroatoms. The van der Waals surface area contributed by atoms with Gasteiger partial charge in [-0.05, 0) is 79.8 Å². The molecule has 1 aromatic carbocycles. The molecule has 0 aliphatic carbocycles. The summed E-state index contributed by atoms with van der Waals surface area (Å²) in [7, 11) is 0. The van der Waals surface area contributed by atoms with Gasteiger partial charge in [0.1, 0.15) is 16.4 Å². The molecular weight excluding hydrogens is 418 g/mol. The maximum atomic E-state index is 13.1. The van der Waals surface area contributed by atoms with E-state index in [1.807, 2.05) is 50.2 Å². The minimum Gasteiger partial charge on any atom is -0.450 e. The van der Waals surface area contributed by atoms with E-state index in [2.05, 4.69) is 10.3 Å². The molecule has 1 saturated heterocycles. The highest BCUT2D eigenvalue weighted by Crippen LogP contribution is 2.30. The zero-order valence-corrected chi connectivity index (χ0v) is 17.8. The van der Waals surface area contributed by atoms with Crippen molar-refractivity contribution in [2.24, 2.45) is 0 Å². The van der Waals surface area contributed by atoms with Crippen molar-refractivity contribution in [3.63, 3.8) is 0 Å². The van der Waals surface area contributed by atoms with Crippen LogP contribution in [0.2, 0.25) is 0 Å². The molecule has 0 atom stereocenters. The highest BCUT2D eigenvalue weighted by atomic mass is 32.2. The topological polar surface area (TPSA) is 75.4 Å². The molecule has 1 aliphatic heterocycles. The van der Waals surface area contributed by atoms with Gasteiger partial charge in [0.25, 0.3) is 11.8 Å². The normalized spacial score (nSPS) is 15.6. The molecule has 0 radical (unpaired) electrons. The molecule has 1 N–H and O–H groups in total. The third-order valence-corrected chi connectivity index (χ3v) is 5.58. The number of furan rings is 1. The Labute approximate surface area is 183 Å². The molecule has 0 bridgehead atoms. The minimum atomic E-state index is -0.554. The van der Waals surface area contributed by atoms with Crippen LogP contribution in [-0.2, 0) is 9.59 Å². The lowest BCUT2D eigenvalue weighted by atomic mass is 10.1. The van der Waals surface area contributed by atoms with E-state index in [0.29, 0.717) is 16.5 Å². The van der Waals surface area contributed by atoms with Crippen molar-refractivity contribution >= 4 is 52.7 Å². The van der Waals surface area contributed by atoms with Gasteiger partial charge >= 0.3 is 0 Å². The van der Waals surface area contributed by atoms with Gasteiger partial charge in [0.05, 0.1) is 5.69 Å². The molecule has 2 amide bonds. The predicted octanol–water partition coefficient (Wildman–Crippen LogP) is 4.27. The first-order chi connectivity index (χ1) is 14.4. The van der Waals surface area contributed by atoms with Gasteiger partial charge in [-0.3, -0.25) is 19.8 Å². The Morgan fingerprint density at radius 1 is 1.13 bits per heavy atom. The second-order valence-corrected chi connectivity index (χ2v) is 8.09. The number of thiocarbonyl (C=S) groups is 1. The number of carbonyl (C=O) groups is 2. The quantitative estimate of drug-likeness (QED) is 0.375. The van der Waals surface area contributed by atoms with Crippen molar-refractivity contribution < 1.29 is 14.0 Å². The summed E-state index contributed by atoms with van der Waals surface area (Å²) in [5, 5.41) is 4.03. The summed E-state index contributed by atoms with van der Waals surface area (Å²) < 4.78 is 5.76. The van der Waals surface area contributed by atoms with Crippen LogP contribution in [0, 0.1) is 13.8 Å². The molecule has 30 heavy (non-hydrogen) atoms. The molecule has 2 aromatic heterocycles. The fourth-order valence-corrected chi connectivity index (χ4v) is 4.07. The van der Waals surface area contributed by atoms with Gasteiger partial charge in [-0.1, -0.05) is 23.8 Å². The number of amides is 2. The average molecular weight is 436 g/mol. The van der Waals surface area contributed by atoms with Crippen LogP contribution < -0.4 is 10.2 Å². The van der Waals surface area contributed by atoms with Crippen molar-refractivity contribution in [2.75, 3.05) is 4.90 Å². The minimum absolute atomic E-state index is 0.0488. The van der Waals surface area contributed by atoms with Gasteiger partial charge < -0.3 is 4.42 Å². The van der Waals surface area contributed by atoms with E-state index < -0.39 is 11.8 Å². The number of pyridine rings is 1. The zero-order valence-electron chi connectivity index (χ0n) is 16.2. The van der Waals surface area contributed by atoms with Crippen molar-refractivity contribution in [3.8, 4) is 0 Å². The maximum absolute atomic E-state index is 13.1. The Morgan fingerprint density at radius 2 is 1.97 bits per heavy atom. The SMILES string of the molecule is Cc1ccc(N2C(=O)/C(=C/c3ccc(Sc4ccccn4)o3)C(=O)NC2=S)c(C)c1. The van der Waals surface area contributed by atoms with Gasteiger partial charge in [-0.25, -0.2) is 4.98 Å². The molecule has 0 saturated carbocycles. The van der Waals surface area contributed by atoms with Gasteiger partial charge in [0.15, 0.2) is 10.2 Å². The number of aromatic nitrogens is 1. The molecule has 6 nitrogen and oxygen atoms in total. The first-order valence-electron chi connectivity index (χ1n) is 9.10. The monoisotopic (exact) mass is 435 g/mol. The van der Waals surface area contributed by atoms with Gasteiger partial charge in [0.2, 0.25) is 0 Å². The lowest BCUT2D eigenvalue weighted by molar-refractivity contribution is -0.122. The lowest BCUT2D eigenvalue weighted by Crippen LogP contribution is -2.54. The van der Waals surface area contributed by atoms with Crippen LogP contribution in [0.25, 0.3) is 6.08 Å². The number of rotatable bonds is 4. The van der Waals surface area contributed by atoms with Gasteiger partial charge in [0, 0.05) is 6.20 Å². The molecule has 150 valence electrons. The predicted molar refractivity (Wildman–Crippen MR) is 119 cm³/mol. The summed E-state index contributed by atoms with van der Waals surface area (Å²) in [5.41, 5.74) is 2.54. The Kier molecular flexibility index (Phi) is 5.52. The van der Waals surface area contributed by atoms with Crippen molar-refractivity contribution in [1.29, 1.82) is 0 Å². The first kappa shape index (κ1) is 20.1. The third kappa shape index (κ3) is 4.05. The van der Waals surface area contributed by atoms with Crippen LogP contribution >= 0.6 is 24.0 Å². The molecule has 1 fully saturated rings. The van der Waals surface area contributed by atoms with Crippen LogP contribution in [0.3, 0.4) is 0 Å². The lowest BCUT2D eigenvalue weighted by Gasteiger charge is -2.30. The fourth-order valence-electron chi connectivity index (χ4n) is 3.05. The smallest absolute Gasteiger partial charge is 0.270 e. The molecule has 0 unspecified atom stereocenters. The number of carbonyl (C=O) groups excluding carboxylic acids is 2. The summed E-state index contributed by atoms with van der Waals surface area (Å²) in [6.07, 6.45) is 3.13. The molecule has 1 aliphatic rings. The van der Waals surface area contributed by atoms with E-state index in [1.165, 1.54) is 22.7 Å². The zero-order chi connectivity index (χ0) is 21.3. The third-order valence-electron chi connectivity index (χ3n) is 4.43. The van der Waals surface area contributed by atoms with E-state index in [0.717, 1.165) is 16.2 Å². The molecule has 0 spiro atoms. The Morgan fingerprint density at radius 3 is 2.70 bits per heavy atom. The first-order valence-corrected chi connectivity index (χ1v) is 10.3. The highest BCUT2D eigenvalue weighted by molar-refractivity contribution is 7.99. The molecule has 4 rings (SSSR count). The summed E-state index contributed by atoms with van der Waals surface area (Å²) in [6, 6.07) is 14.7. The van der Waals surface area contributed by atoms with Crippen LogP contribution in [0.4, 0.5) is 5.69 Å². The van der Waals surface area contributed by atoms with E-state index in [4.69, 9.17) is 16.6 Å². The van der Waals surface area contributed by atoms with Crippen molar-refractivity contribution in [2.45, 2.75) is 24.0 Å². The standard InChI is InChI=1S/C22H17N3O3S2/c1-13-6-8-17(14(2)11-13)25-21(27)16(20(26)24-22(25)29)12-15-7-9-19(28-15)30-18-5-3-4-10-23-18/h3-12H,1-2H3,(H,24,26,29)/b16-12+. The summed E-state index contributed by atoms with van der Waals surface area (Å²) in [4.78, 5) is 31.2. The van der Waals surface area contributed by atoms with Crippen LogP contribution in [0.5, 0.6) is 0 Å². The fraction of sp³-hybridized carbons (Fsp3) is 0.0909. The summed E-state index contributed by atoms with van der Waals surface area (Å²) >= 11 is 6.61. The van der Waals surface area contributed by atoms with Gasteiger partial charge in [-0.15, -0.1) is 0 Å². The van der Waals surface area contributed by atoms with Gasteiger partial charge in [-0.2, -0.15) is 0 Å². The molecular formula is C22H17N3O3S2. The van der Waals surface area contributed by atoms with Crippen molar-refractivity contribution in [3.05, 3.63) is 77.2 Å². The second kappa shape index (κ2) is 8.25. The van der Waals surface area contributed by atoms with E-state index >= 15 is 0 Å². The van der Waals surface area contributed by atoms with Crippen molar-refractivity contribution in [1.82, 2.24) is 10.3 Å². The number of aryl methyl sites for hydroxylation is 2. The Bertz CT molecular complexity index is 1190. The van der Waals surface area contributed by atoms with E-state index in [1.54, 1.807) is 18.3 Å². The summed E-state index contributed by atoms with van der Waals surface area (Å²) in [5.74, 6) is -0.660. The van der Waals surface area contributed by atoms with E-state index in [-0.39, 0.29) is 10.7 Å².